The molecule has 0 spiro atoms. The van der Waals surface area contributed by atoms with Crippen LogP contribution < -0.4 is 4.74 Å². The van der Waals surface area contributed by atoms with Gasteiger partial charge in [-0.1, -0.05) is 12.1 Å². The van der Waals surface area contributed by atoms with Crippen LogP contribution >= 0.6 is 0 Å². The van der Waals surface area contributed by atoms with Crippen LogP contribution in [0.5, 0.6) is 5.75 Å². The average molecular weight is 497 g/mol. The average Bonchev–Trinajstić information content (AvgIpc) is 2.90. The number of morpholine rings is 1. The second-order valence-corrected chi connectivity index (χ2v) is 10.1. The molecule has 3 heterocycles. The largest absolute Gasteiger partial charge is 0.495 e. The normalized spacial score (nSPS) is 14.4. The van der Waals surface area contributed by atoms with E-state index in [0.717, 1.165) is 11.1 Å². The van der Waals surface area contributed by atoms with Crippen LogP contribution in [-0.4, -0.2) is 66.9 Å². The lowest BCUT2D eigenvalue weighted by atomic mass is 10.1. The highest BCUT2D eigenvalue weighted by Gasteiger charge is 2.30. The van der Waals surface area contributed by atoms with Crippen molar-refractivity contribution in [1.29, 1.82) is 0 Å². The lowest BCUT2D eigenvalue weighted by molar-refractivity contribution is -0.131. The van der Waals surface area contributed by atoms with Crippen molar-refractivity contribution >= 4 is 15.9 Å². The molecule has 1 aromatic carbocycles. The van der Waals surface area contributed by atoms with Gasteiger partial charge in [-0.05, 0) is 47.0 Å². The maximum absolute atomic E-state index is 13.4. The zero-order valence-corrected chi connectivity index (χ0v) is 20.4. The molecule has 4 rings (SSSR count). The number of hydrogen-bond acceptors (Lipinski definition) is 7. The van der Waals surface area contributed by atoms with Gasteiger partial charge in [-0.2, -0.15) is 4.31 Å². The molecule has 1 saturated heterocycles. The molecule has 184 valence electrons. The van der Waals surface area contributed by atoms with E-state index in [1.165, 1.54) is 17.5 Å². The number of methoxy groups -OCH3 is 1. The van der Waals surface area contributed by atoms with Gasteiger partial charge < -0.3 is 14.4 Å². The Labute approximate surface area is 205 Å². The SMILES string of the molecule is COc1ccc(CC(=O)N(Cc2ccncc2)Cc2cccnc2)cc1S(=O)(=O)N1CCOCC1. The summed E-state index contributed by atoms with van der Waals surface area (Å²) in [7, 11) is -2.36. The first-order chi connectivity index (χ1) is 17.0. The molecule has 1 fully saturated rings. The fraction of sp³-hybridized carbons (Fsp3) is 0.320. The highest BCUT2D eigenvalue weighted by molar-refractivity contribution is 7.89. The number of pyridine rings is 2. The van der Waals surface area contributed by atoms with Crippen LogP contribution in [0.3, 0.4) is 0 Å². The summed E-state index contributed by atoms with van der Waals surface area (Å²) >= 11 is 0. The Morgan fingerprint density at radius 1 is 1.00 bits per heavy atom. The molecular weight excluding hydrogens is 468 g/mol. The van der Waals surface area contributed by atoms with Gasteiger partial charge in [0, 0.05) is 51.0 Å². The summed E-state index contributed by atoms with van der Waals surface area (Å²) in [5.41, 5.74) is 2.44. The lowest BCUT2D eigenvalue weighted by Gasteiger charge is -2.27. The molecule has 10 heteroatoms. The van der Waals surface area contributed by atoms with E-state index < -0.39 is 10.0 Å². The molecule has 0 bridgehead atoms. The number of aromatic nitrogens is 2. The second kappa shape index (κ2) is 11.4. The minimum Gasteiger partial charge on any atom is -0.495 e. The molecule has 0 radical (unpaired) electrons. The number of hydrogen-bond donors (Lipinski definition) is 0. The monoisotopic (exact) mass is 496 g/mol. The molecule has 0 unspecified atom stereocenters. The van der Waals surface area contributed by atoms with Gasteiger partial charge in [0.1, 0.15) is 10.6 Å². The van der Waals surface area contributed by atoms with Gasteiger partial charge in [-0.25, -0.2) is 8.42 Å². The van der Waals surface area contributed by atoms with Crippen molar-refractivity contribution in [1.82, 2.24) is 19.2 Å². The summed E-state index contributed by atoms with van der Waals surface area (Å²) in [6, 6.07) is 12.3. The van der Waals surface area contributed by atoms with Crippen molar-refractivity contribution in [3.05, 3.63) is 83.9 Å². The van der Waals surface area contributed by atoms with Crippen molar-refractivity contribution in [2.45, 2.75) is 24.4 Å². The first-order valence-electron chi connectivity index (χ1n) is 11.3. The summed E-state index contributed by atoms with van der Waals surface area (Å²) in [5.74, 6) is 0.113. The second-order valence-electron chi connectivity index (χ2n) is 8.14. The first-order valence-corrected chi connectivity index (χ1v) is 12.7. The minimum atomic E-state index is -3.79. The summed E-state index contributed by atoms with van der Waals surface area (Å²) in [4.78, 5) is 23.4. The van der Waals surface area contributed by atoms with E-state index in [4.69, 9.17) is 9.47 Å². The Balaban J connectivity index is 1.59. The Morgan fingerprint density at radius 3 is 2.43 bits per heavy atom. The van der Waals surface area contributed by atoms with Crippen LogP contribution in [-0.2, 0) is 39.1 Å². The highest BCUT2D eigenvalue weighted by Crippen LogP contribution is 2.29. The van der Waals surface area contributed by atoms with Gasteiger partial charge in [-0.3, -0.25) is 14.8 Å². The molecule has 0 aliphatic carbocycles. The number of sulfonamides is 1. The van der Waals surface area contributed by atoms with Crippen molar-refractivity contribution in [3.63, 3.8) is 0 Å². The summed E-state index contributed by atoms with van der Waals surface area (Å²) in [5, 5.41) is 0. The quantitative estimate of drug-likeness (QED) is 0.448. The summed E-state index contributed by atoms with van der Waals surface area (Å²) in [6.07, 6.45) is 6.84. The van der Waals surface area contributed by atoms with Crippen molar-refractivity contribution in [3.8, 4) is 5.75 Å². The number of carbonyl (C=O) groups excluding carboxylic acids is 1. The van der Waals surface area contributed by atoms with Crippen molar-refractivity contribution < 1.29 is 22.7 Å². The van der Waals surface area contributed by atoms with Gasteiger partial charge >= 0.3 is 0 Å². The molecule has 35 heavy (non-hydrogen) atoms. The van der Waals surface area contributed by atoms with E-state index in [0.29, 0.717) is 31.9 Å². The van der Waals surface area contributed by atoms with Crippen molar-refractivity contribution in [2.75, 3.05) is 33.4 Å². The third kappa shape index (κ3) is 6.21. The Kier molecular flexibility index (Phi) is 8.06. The molecule has 1 aliphatic rings. The number of ether oxygens (including phenoxy) is 2. The smallest absolute Gasteiger partial charge is 0.246 e. The summed E-state index contributed by atoms with van der Waals surface area (Å²) in [6.45, 7) is 2.02. The van der Waals surface area contributed by atoms with E-state index in [-0.39, 0.29) is 36.1 Å². The molecule has 2 aromatic heterocycles. The fourth-order valence-electron chi connectivity index (χ4n) is 3.90. The van der Waals surface area contributed by atoms with Crippen LogP contribution in [0.15, 0.2) is 72.1 Å². The van der Waals surface area contributed by atoms with Gasteiger partial charge in [0.15, 0.2) is 0 Å². The van der Waals surface area contributed by atoms with Crippen LogP contribution in [0.1, 0.15) is 16.7 Å². The maximum Gasteiger partial charge on any atom is 0.246 e. The molecule has 1 amide bonds. The zero-order valence-electron chi connectivity index (χ0n) is 19.5. The Bertz CT molecular complexity index is 1190. The van der Waals surface area contributed by atoms with Gasteiger partial charge in [0.25, 0.3) is 0 Å². The molecule has 9 nitrogen and oxygen atoms in total. The van der Waals surface area contributed by atoms with E-state index in [2.05, 4.69) is 9.97 Å². The molecule has 3 aromatic rings. The molecule has 1 aliphatic heterocycles. The number of amides is 1. The van der Waals surface area contributed by atoms with Gasteiger partial charge in [0.2, 0.25) is 15.9 Å². The maximum atomic E-state index is 13.4. The topological polar surface area (TPSA) is 102 Å². The van der Waals surface area contributed by atoms with Crippen LogP contribution in [0.2, 0.25) is 0 Å². The van der Waals surface area contributed by atoms with E-state index in [1.807, 2.05) is 24.3 Å². The van der Waals surface area contributed by atoms with E-state index in [9.17, 15) is 13.2 Å². The fourth-order valence-corrected chi connectivity index (χ4v) is 5.51. The standard InChI is InChI=1S/C25H28N4O5S/c1-33-23-5-4-21(15-24(23)35(31,32)29-11-13-34-14-12-29)16-25(30)28(18-20-6-9-26-10-7-20)19-22-3-2-8-27-17-22/h2-10,15,17H,11-14,16,18-19H2,1H3. The van der Waals surface area contributed by atoms with Crippen LogP contribution in [0, 0.1) is 0 Å². The van der Waals surface area contributed by atoms with Gasteiger partial charge in [-0.15, -0.1) is 0 Å². The number of rotatable bonds is 9. The highest BCUT2D eigenvalue weighted by atomic mass is 32.2. The van der Waals surface area contributed by atoms with E-state index >= 15 is 0 Å². The number of nitrogens with zero attached hydrogens (tertiary/aromatic N) is 4. The molecule has 0 atom stereocenters. The third-order valence-electron chi connectivity index (χ3n) is 5.74. The van der Waals surface area contributed by atoms with Crippen LogP contribution in [0.25, 0.3) is 0 Å². The Morgan fingerprint density at radius 2 is 1.74 bits per heavy atom. The predicted octanol–water partition coefficient (Wildman–Crippen LogP) is 2.28. The van der Waals surface area contributed by atoms with Gasteiger partial charge in [0.05, 0.1) is 26.7 Å². The Hall–Kier alpha value is -3.34. The zero-order chi connectivity index (χ0) is 24.7. The molecule has 0 N–H and O–H groups in total. The van der Waals surface area contributed by atoms with E-state index in [1.54, 1.807) is 41.8 Å². The first kappa shape index (κ1) is 24.8. The van der Waals surface area contributed by atoms with Crippen LogP contribution in [0.4, 0.5) is 0 Å². The molecule has 0 saturated carbocycles. The van der Waals surface area contributed by atoms with Crippen molar-refractivity contribution in [2.24, 2.45) is 0 Å². The predicted molar refractivity (Wildman–Crippen MR) is 129 cm³/mol. The number of carbonyl (C=O) groups is 1. The summed E-state index contributed by atoms with van der Waals surface area (Å²) < 4.78 is 38.6. The minimum absolute atomic E-state index is 0.0426. The number of benzene rings is 1. The third-order valence-corrected chi connectivity index (χ3v) is 7.66. The molecular formula is C25H28N4O5S. The lowest BCUT2D eigenvalue weighted by Crippen LogP contribution is -2.40.